The van der Waals surface area contributed by atoms with E-state index in [1.54, 1.807) is 18.2 Å². The number of hydrogen-bond donors (Lipinski definition) is 2. The molecule has 88 valence electrons. The molecule has 0 amide bonds. The van der Waals surface area contributed by atoms with Gasteiger partial charge in [-0.2, -0.15) is 0 Å². The molecule has 2 rings (SSSR count). The Morgan fingerprint density at radius 3 is 2.29 bits per heavy atom. The third-order valence-corrected chi connectivity index (χ3v) is 3.46. The van der Waals surface area contributed by atoms with Gasteiger partial charge in [-0.05, 0) is 68.3 Å². The van der Waals surface area contributed by atoms with Crippen molar-refractivity contribution in [1.82, 2.24) is 0 Å². The van der Waals surface area contributed by atoms with Crippen LogP contribution in [0.1, 0.15) is 0 Å². The molecule has 0 aliphatic rings. The SMILES string of the molecule is Nc1ccc(Oc2ccc(N)c(Br)c2)c(Br)c1. The number of anilines is 2. The first-order valence-corrected chi connectivity index (χ1v) is 6.43. The first kappa shape index (κ1) is 12.3. The molecule has 0 saturated heterocycles. The summed E-state index contributed by atoms with van der Waals surface area (Å²) in [5.41, 5.74) is 12.7. The van der Waals surface area contributed by atoms with Crippen LogP contribution in [0, 0.1) is 0 Å². The Bertz CT molecular complexity index is 558. The Balaban J connectivity index is 2.28. The molecule has 0 heterocycles. The molecule has 17 heavy (non-hydrogen) atoms. The van der Waals surface area contributed by atoms with Crippen LogP contribution in [0.15, 0.2) is 45.3 Å². The Morgan fingerprint density at radius 1 is 0.882 bits per heavy atom. The molecule has 0 aliphatic heterocycles. The number of halogens is 2. The van der Waals surface area contributed by atoms with Crippen molar-refractivity contribution < 1.29 is 4.74 Å². The van der Waals surface area contributed by atoms with Crippen molar-refractivity contribution >= 4 is 43.2 Å². The van der Waals surface area contributed by atoms with E-state index in [2.05, 4.69) is 31.9 Å². The van der Waals surface area contributed by atoms with E-state index in [-0.39, 0.29) is 0 Å². The number of nitrogens with two attached hydrogens (primary N) is 2. The zero-order valence-corrected chi connectivity index (χ0v) is 12.0. The van der Waals surface area contributed by atoms with Gasteiger partial charge in [0.1, 0.15) is 11.5 Å². The summed E-state index contributed by atoms with van der Waals surface area (Å²) < 4.78 is 7.33. The van der Waals surface area contributed by atoms with Gasteiger partial charge >= 0.3 is 0 Å². The van der Waals surface area contributed by atoms with Gasteiger partial charge in [-0.3, -0.25) is 0 Å². The highest BCUT2D eigenvalue weighted by atomic mass is 79.9. The first-order valence-electron chi connectivity index (χ1n) is 4.84. The summed E-state index contributed by atoms with van der Waals surface area (Å²) in [7, 11) is 0. The highest BCUT2D eigenvalue weighted by Crippen LogP contribution is 2.33. The fourth-order valence-electron chi connectivity index (χ4n) is 1.30. The lowest BCUT2D eigenvalue weighted by molar-refractivity contribution is 0.479. The second-order valence-corrected chi connectivity index (χ2v) is 5.18. The third-order valence-electron chi connectivity index (χ3n) is 2.16. The average Bonchev–Trinajstić information content (AvgIpc) is 2.27. The Labute approximate surface area is 116 Å². The highest BCUT2D eigenvalue weighted by Gasteiger charge is 2.04. The van der Waals surface area contributed by atoms with E-state index >= 15 is 0 Å². The largest absolute Gasteiger partial charge is 0.456 e. The molecule has 0 fully saturated rings. The molecule has 3 nitrogen and oxygen atoms in total. The normalized spacial score (nSPS) is 10.2. The van der Waals surface area contributed by atoms with E-state index in [0.717, 1.165) is 8.95 Å². The summed E-state index contributed by atoms with van der Waals surface area (Å²) in [5, 5.41) is 0. The second kappa shape index (κ2) is 4.98. The molecule has 0 aromatic heterocycles. The monoisotopic (exact) mass is 356 g/mol. The maximum Gasteiger partial charge on any atom is 0.141 e. The van der Waals surface area contributed by atoms with Gasteiger partial charge in [0, 0.05) is 15.8 Å². The van der Waals surface area contributed by atoms with E-state index in [9.17, 15) is 0 Å². The van der Waals surface area contributed by atoms with Crippen LogP contribution in [-0.4, -0.2) is 0 Å². The summed E-state index contributed by atoms with van der Waals surface area (Å²) in [6.45, 7) is 0. The van der Waals surface area contributed by atoms with Gasteiger partial charge < -0.3 is 16.2 Å². The Kier molecular flexibility index (Phi) is 3.59. The number of nitrogen functional groups attached to an aromatic ring is 2. The Morgan fingerprint density at radius 2 is 1.65 bits per heavy atom. The summed E-state index contributed by atoms with van der Waals surface area (Å²) in [6.07, 6.45) is 0. The number of benzene rings is 2. The van der Waals surface area contributed by atoms with Gasteiger partial charge in [-0.1, -0.05) is 0 Å². The van der Waals surface area contributed by atoms with Crippen LogP contribution in [0.5, 0.6) is 11.5 Å². The van der Waals surface area contributed by atoms with Gasteiger partial charge in [-0.15, -0.1) is 0 Å². The van der Waals surface area contributed by atoms with Crippen LogP contribution in [0.3, 0.4) is 0 Å². The number of rotatable bonds is 2. The van der Waals surface area contributed by atoms with E-state index in [1.165, 1.54) is 0 Å². The predicted octanol–water partition coefficient (Wildman–Crippen LogP) is 4.17. The lowest BCUT2D eigenvalue weighted by Crippen LogP contribution is -1.90. The highest BCUT2D eigenvalue weighted by molar-refractivity contribution is 9.11. The van der Waals surface area contributed by atoms with Crippen molar-refractivity contribution in [3.63, 3.8) is 0 Å². The van der Waals surface area contributed by atoms with Gasteiger partial charge in [-0.25, -0.2) is 0 Å². The molecule has 0 spiro atoms. The van der Waals surface area contributed by atoms with Gasteiger partial charge in [0.05, 0.1) is 4.47 Å². The van der Waals surface area contributed by atoms with Crippen molar-refractivity contribution in [2.75, 3.05) is 11.5 Å². The van der Waals surface area contributed by atoms with Crippen molar-refractivity contribution in [2.45, 2.75) is 0 Å². The Hall–Kier alpha value is -1.20. The topological polar surface area (TPSA) is 61.3 Å². The molecular formula is C12H10Br2N2O. The second-order valence-electron chi connectivity index (χ2n) is 3.48. The first-order chi connectivity index (χ1) is 8.06. The maximum absolute atomic E-state index is 5.71. The van der Waals surface area contributed by atoms with E-state index in [4.69, 9.17) is 16.2 Å². The van der Waals surface area contributed by atoms with Crippen LogP contribution < -0.4 is 16.2 Å². The minimum absolute atomic E-state index is 0.675. The minimum Gasteiger partial charge on any atom is -0.456 e. The summed E-state index contributed by atoms with van der Waals surface area (Å²) >= 11 is 6.75. The van der Waals surface area contributed by atoms with Gasteiger partial charge in [0.15, 0.2) is 0 Å². The lowest BCUT2D eigenvalue weighted by atomic mass is 10.3. The molecular weight excluding hydrogens is 348 g/mol. The van der Waals surface area contributed by atoms with Crippen LogP contribution >= 0.6 is 31.9 Å². The molecule has 0 bridgehead atoms. The van der Waals surface area contributed by atoms with E-state index < -0.39 is 0 Å². The van der Waals surface area contributed by atoms with Crippen molar-refractivity contribution in [1.29, 1.82) is 0 Å². The van der Waals surface area contributed by atoms with Crippen molar-refractivity contribution in [2.24, 2.45) is 0 Å². The predicted molar refractivity (Wildman–Crippen MR) is 77.2 cm³/mol. The summed E-state index contributed by atoms with van der Waals surface area (Å²) in [5.74, 6) is 1.41. The van der Waals surface area contributed by atoms with Crippen LogP contribution in [-0.2, 0) is 0 Å². The molecule has 0 atom stereocenters. The summed E-state index contributed by atoms with van der Waals surface area (Å²) in [4.78, 5) is 0. The smallest absolute Gasteiger partial charge is 0.141 e. The van der Waals surface area contributed by atoms with Crippen molar-refractivity contribution in [3.05, 3.63) is 45.3 Å². The van der Waals surface area contributed by atoms with Gasteiger partial charge in [0.2, 0.25) is 0 Å². The molecule has 0 aliphatic carbocycles. The molecule has 0 radical (unpaired) electrons. The molecule has 5 heteroatoms. The van der Waals surface area contributed by atoms with Crippen LogP contribution in [0.25, 0.3) is 0 Å². The number of hydrogen-bond acceptors (Lipinski definition) is 3. The van der Waals surface area contributed by atoms with Crippen molar-refractivity contribution in [3.8, 4) is 11.5 Å². The molecule has 2 aromatic rings. The maximum atomic E-state index is 5.71. The fourth-order valence-corrected chi connectivity index (χ4v) is 2.13. The summed E-state index contributed by atoms with van der Waals surface area (Å²) in [6, 6.07) is 10.8. The van der Waals surface area contributed by atoms with E-state index in [0.29, 0.717) is 22.9 Å². The third kappa shape index (κ3) is 2.92. The molecule has 2 aromatic carbocycles. The quantitative estimate of drug-likeness (QED) is 0.793. The fraction of sp³-hybridized carbons (Fsp3) is 0. The van der Waals surface area contributed by atoms with Crippen LogP contribution in [0.2, 0.25) is 0 Å². The molecule has 4 N–H and O–H groups in total. The van der Waals surface area contributed by atoms with E-state index in [1.807, 2.05) is 18.2 Å². The molecule has 0 unspecified atom stereocenters. The van der Waals surface area contributed by atoms with Gasteiger partial charge in [0.25, 0.3) is 0 Å². The zero-order valence-electron chi connectivity index (χ0n) is 8.78. The number of ether oxygens (including phenoxy) is 1. The minimum atomic E-state index is 0.675. The molecule has 0 saturated carbocycles. The zero-order chi connectivity index (χ0) is 12.4. The van der Waals surface area contributed by atoms with Crippen LogP contribution in [0.4, 0.5) is 11.4 Å². The lowest BCUT2D eigenvalue weighted by Gasteiger charge is -2.09. The standard InChI is InChI=1S/C12H10Br2N2O/c13-9-6-8(2-3-11(9)16)17-12-4-1-7(15)5-10(12)14/h1-6H,15-16H2. The average molecular weight is 358 g/mol.